The van der Waals surface area contributed by atoms with E-state index in [9.17, 15) is 19.2 Å². The van der Waals surface area contributed by atoms with Gasteiger partial charge in [0.25, 0.3) is 11.8 Å². The molecule has 0 atom stereocenters. The number of ether oxygens (including phenoxy) is 2. The van der Waals surface area contributed by atoms with Crippen molar-refractivity contribution in [1.82, 2.24) is 0 Å². The zero-order valence-electron chi connectivity index (χ0n) is 21.1. The van der Waals surface area contributed by atoms with E-state index in [1.54, 1.807) is 45.0 Å². The van der Waals surface area contributed by atoms with Gasteiger partial charge in [-0.15, -0.1) is 0 Å². The lowest BCUT2D eigenvalue weighted by Crippen LogP contribution is -2.32. The molecule has 8 nitrogen and oxygen atoms in total. The number of hydrogen-bond acceptors (Lipinski definition) is 8. The van der Waals surface area contributed by atoms with Crippen molar-refractivity contribution in [1.29, 1.82) is 0 Å². The van der Waals surface area contributed by atoms with Crippen molar-refractivity contribution in [2.45, 2.75) is 31.8 Å². The average Bonchev–Trinajstić information content (AvgIpc) is 3.13. The number of amides is 2. The summed E-state index contributed by atoms with van der Waals surface area (Å²) < 4.78 is 10.3. The molecule has 194 valence electrons. The van der Waals surface area contributed by atoms with Crippen LogP contribution in [-0.2, 0) is 19.1 Å². The van der Waals surface area contributed by atoms with Gasteiger partial charge in [-0.05, 0) is 75.4 Å². The average molecular weight is 531 g/mol. The standard InChI is InChI=1S/C29H26N2O6S/c1-4-36-28(34)20-9-8-10-21(17-20)30-24-25(38-23-11-6-5-7-12-23)27(33)31(26(24)32)22-15-13-19(14-16-22)29(35)37-18(2)3/h5-18,30H,4H2,1-3H3. The molecule has 2 amide bonds. The lowest BCUT2D eigenvalue weighted by atomic mass is 10.2. The monoisotopic (exact) mass is 530 g/mol. The predicted molar refractivity (Wildman–Crippen MR) is 145 cm³/mol. The van der Waals surface area contributed by atoms with E-state index in [1.807, 2.05) is 30.3 Å². The van der Waals surface area contributed by atoms with Crippen LogP contribution < -0.4 is 10.2 Å². The van der Waals surface area contributed by atoms with Crippen LogP contribution in [0.3, 0.4) is 0 Å². The Morgan fingerprint density at radius 1 is 0.868 bits per heavy atom. The van der Waals surface area contributed by atoms with Gasteiger partial charge < -0.3 is 14.8 Å². The molecule has 0 aromatic heterocycles. The number of thioether (sulfide) groups is 1. The summed E-state index contributed by atoms with van der Waals surface area (Å²) in [7, 11) is 0. The van der Waals surface area contributed by atoms with Crippen molar-refractivity contribution in [3.63, 3.8) is 0 Å². The molecule has 1 aliphatic heterocycles. The number of carbonyl (C=O) groups is 4. The highest BCUT2D eigenvalue weighted by Crippen LogP contribution is 2.38. The van der Waals surface area contributed by atoms with E-state index >= 15 is 0 Å². The van der Waals surface area contributed by atoms with E-state index in [4.69, 9.17) is 9.47 Å². The Kier molecular flexibility index (Phi) is 8.28. The molecular weight excluding hydrogens is 504 g/mol. The maximum absolute atomic E-state index is 13.6. The largest absolute Gasteiger partial charge is 0.462 e. The normalized spacial score (nSPS) is 13.2. The first-order chi connectivity index (χ1) is 18.3. The van der Waals surface area contributed by atoms with Crippen molar-refractivity contribution in [3.8, 4) is 0 Å². The molecule has 9 heteroatoms. The van der Waals surface area contributed by atoms with Crippen molar-refractivity contribution in [3.05, 3.63) is 101 Å². The Morgan fingerprint density at radius 3 is 2.24 bits per heavy atom. The van der Waals surface area contributed by atoms with Crippen molar-refractivity contribution in [2.75, 3.05) is 16.8 Å². The lowest BCUT2D eigenvalue weighted by Gasteiger charge is -2.16. The topological polar surface area (TPSA) is 102 Å². The molecule has 0 unspecified atom stereocenters. The Labute approximate surface area is 224 Å². The summed E-state index contributed by atoms with van der Waals surface area (Å²) in [6, 6.07) is 21.8. The van der Waals surface area contributed by atoms with Crippen LogP contribution in [-0.4, -0.2) is 36.5 Å². The van der Waals surface area contributed by atoms with Crippen LogP contribution in [0.25, 0.3) is 0 Å². The van der Waals surface area contributed by atoms with Crippen LogP contribution in [0.1, 0.15) is 41.5 Å². The zero-order chi connectivity index (χ0) is 27.2. The predicted octanol–water partition coefficient (Wildman–Crippen LogP) is 5.42. The third kappa shape index (κ3) is 5.95. The molecule has 4 rings (SSSR count). The molecular formula is C29H26N2O6S. The molecule has 3 aromatic carbocycles. The van der Waals surface area contributed by atoms with E-state index in [0.717, 1.165) is 21.6 Å². The number of carbonyl (C=O) groups excluding carboxylic acids is 4. The van der Waals surface area contributed by atoms with Gasteiger partial charge in [-0.1, -0.05) is 36.0 Å². The number of imide groups is 1. The first-order valence-electron chi connectivity index (χ1n) is 12.0. The van der Waals surface area contributed by atoms with Gasteiger partial charge in [0.15, 0.2) is 0 Å². The van der Waals surface area contributed by atoms with Gasteiger partial charge >= 0.3 is 11.9 Å². The summed E-state index contributed by atoms with van der Waals surface area (Å²) in [6.45, 7) is 5.45. The first-order valence-corrected chi connectivity index (χ1v) is 12.8. The molecule has 0 fully saturated rings. The number of esters is 2. The van der Waals surface area contributed by atoms with E-state index in [2.05, 4.69) is 5.32 Å². The fraction of sp³-hybridized carbons (Fsp3) is 0.172. The Balaban J connectivity index is 1.67. The second kappa shape index (κ2) is 11.8. The van der Waals surface area contributed by atoms with E-state index < -0.39 is 23.8 Å². The Morgan fingerprint density at radius 2 is 1.58 bits per heavy atom. The summed E-state index contributed by atoms with van der Waals surface area (Å²) in [5.41, 5.74) is 1.46. The highest BCUT2D eigenvalue weighted by Gasteiger charge is 2.40. The minimum Gasteiger partial charge on any atom is -0.462 e. The van der Waals surface area contributed by atoms with Gasteiger partial charge in [0.1, 0.15) is 10.6 Å². The van der Waals surface area contributed by atoms with Crippen molar-refractivity contribution < 1.29 is 28.7 Å². The van der Waals surface area contributed by atoms with Gasteiger partial charge in [-0.3, -0.25) is 9.59 Å². The second-order valence-corrected chi connectivity index (χ2v) is 9.58. The third-order valence-corrected chi connectivity index (χ3v) is 6.44. The van der Waals surface area contributed by atoms with E-state index in [1.165, 1.54) is 24.3 Å². The van der Waals surface area contributed by atoms with Crippen LogP contribution in [0.4, 0.5) is 11.4 Å². The molecule has 38 heavy (non-hydrogen) atoms. The number of nitrogens with zero attached hydrogens (tertiary/aromatic N) is 1. The Bertz CT molecular complexity index is 1400. The molecule has 0 spiro atoms. The summed E-state index contributed by atoms with van der Waals surface area (Å²) in [4.78, 5) is 53.6. The van der Waals surface area contributed by atoms with Crippen LogP contribution >= 0.6 is 11.8 Å². The van der Waals surface area contributed by atoms with Crippen molar-refractivity contribution >= 4 is 46.9 Å². The summed E-state index contributed by atoms with van der Waals surface area (Å²) in [5.74, 6) is -2.05. The minimum atomic E-state index is -0.563. The molecule has 0 bridgehead atoms. The number of hydrogen-bond donors (Lipinski definition) is 1. The van der Waals surface area contributed by atoms with Gasteiger partial charge in [-0.2, -0.15) is 0 Å². The molecule has 1 heterocycles. The zero-order valence-corrected chi connectivity index (χ0v) is 21.9. The smallest absolute Gasteiger partial charge is 0.338 e. The van der Waals surface area contributed by atoms with Crippen LogP contribution in [0.15, 0.2) is 94.4 Å². The summed E-state index contributed by atoms with van der Waals surface area (Å²) >= 11 is 1.16. The number of benzene rings is 3. The summed E-state index contributed by atoms with van der Waals surface area (Å²) in [5, 5.41) is 3.04. The SMILES string of the molecule is CCOC(=O)c1cccc(NC2=C(Sc3ccccc3)C(=O)N(c3ccc(C(=O)OC(C)C)cc3)C2=O)c1. The summed E-state index contributed by atoms with van der Waals surface area (Å²) in [6.07, 6.45) is -0.276. The molecule has 0 saturated carbocycles. The molecule has 0 saturated heterocycles. The van der Waals surface area contributed by atoms with Crippen molar-refractivity contribution in [2.24, 2.45) is 0 Å². The van der Waals surface area contributed by atoms with Gasteiger partial charge in [0, 0.05) is 10.6 Å². The quantitative estimate of drug-likeness (QED) is 0.289. The number of rotatable bonds is 9. The van der Waals surface area contributed by atoms with Gasteiger partial charge in [0.05, 0.1) is 29.5 Å². The molecule has 0 aliphatic carbocycles. The van der Waals surface area contributed by atoms with Gasteiger partial charge in [0.2, 0.25) is 0 Å². The fourth-order valence-electron chi connectivity index (χ4n) is 3.67. The Hall–Kier alpha value is -4.37. The molecule has 1 N–H and O–H groups in total. The number of anilines is 2. The maximum atomic E-state index is 13.6. The van der Waals surface area contributed by atoms with E-state index in [-0.39, 0.29) is 23.3 Å². The lowest BCUT2D eigenvalue weighted by molar-refractivity contribution is -0.120. The maximum Gasteiger partial charge on any atom is 0.338 e. The minimum absolute atomic E-state index is 0.0770. The highest BCUT2D eigenvalue weighted by molar-refractivity contribution is 8.04. The third-order valence-electron chi connectivity index (χ3n) is 5.35. The van der Waals surface area contributed by atoms with Crippen LogP contribution in [0.2, 0.25) is 0 Å². The fourth-order valence-corrected chi connectivity index (χ4v) is 4.61. The second-order valence-electron chi connectivity index (χ2n) is 8.49. The first kappa shape index (κ1) is 26.7. The highest BCUT2D eigenvalue weighted by atomic mass is 32.2. The number of nitrogens with one attached hydrogen (secondary N) is 1. The van der Waals surface area contributed by atoms with Crippen LogP contribution in [0, 0.1) is 0 Å². The van der Waals surface area contributed by atoms with Crippen LogP contribution in [0.5, 0.6) is 0 Å². The van der Waals surface area contributed by atoms with E-state index in [0.29, 0.717) is 22.5 Å². The molecule has 3 aromatic rings. The van der Waals surface area contributed by atoms with Gasteiger partial charge in [-0.25, -0.2) is 14.5 Å². The molecule has 1 aliphatic rings. The molecule has 0 radical (unpaired) electrons.